The summed E-state index contributed by atoms with van der Waals surface area (Å²) in [4.78, 5) is 21.2. The van der Waals surface area contributed by atoms with Crippen LogP contribution in [0.2, 0.25) is 0 Å². The van der Waals surface area contributed by atoms with E-state index in [0.29, 0.717) is 23.1 Å². The molecule has 7 nitrogen and oxygen atoms in total. The number of imidazole rings is 1. The predicted octanol–water partition coefficient (Wildman–Crippen LogP) is 2.93. The number of pyridine rings is 1. The van der Waals surface area contributed by atoms with E-state index in [4.69, 9.17) is 4.42 Å². The van der Waals surface area contributed by atoms with Crippen molar-refractivity contribution in [2.24, 2.45) is 0 Å². The number of carbonyl (C=O) groups excluding carboxylic acids is 1. The first-order chi connectivity index (χ1) is 12.3. The first-order valence-electron chi connectivity index (χ1n) is 7.70. The molecule has 0 saturated heterocycles. The summed E-state index contributed by atoms with van der Waals surface area (Å²) >= 11 is 1.31. The molecule has 0 radical (unpaired) electrons. The first-order valence-corrected chi connectivity index (χ1v) is 8.51. The van der Waals surface area contributed by atoms with Gasteiger partial charge in [-0.05, 0) is 23.8 Å². The maximum atomic E-state index is 12.3. The molecule has 0 spiro atoms. The average Bonchev–Trinajstić information content (AvgIpc) is 3.38. The van der Waals surface area contributed by atoms with Gasteiger partial charge in [-0.2, -0.15) is 0 Å². The number of furan rings is 1. The summed E-state index contributed by atoms with van der Waals surface area (Å²) in [5.74, 6) is 0.672. The number of fused-ring (bicyclic) bond motifs is 1. The number of nitrogens with one attached hydrogen (secondary N) is 2. The van der Waals surface area contributed by atoms with Crippen molar-refractivity contribution in [1.29, 1.82) is 0 Å². The van der Waals surface area contributed by atoms with E-state index >= 15 is 0 Å². The summed E-state index contributed by atoms with van der Waals surface area (Å²) in [6.45, 7) is 0.979. The number of nitrogens with zero attached hydrogens (tertiary/aromatic N) is 3. The van der Waals surface area contributed by atoms with Crippen LogP contribution in [0.15, 0.2) is 59.7 Å². The fraction of sp³-hybridized carbons (Fsp3) is 0.118. The highest BCUT2D eigenvalue weighted by Crippen LogP contribution is 2.19. The maximum Gasteiger partial charge on any atom is 0.263 e. The average molecular weight is 353 g/mol. The Hall–Kier alpha value is -3.13. The normalized spacial score (nSPS) is 10.9. The molecule has 126 valence electrons. The van der Waals surface area contributed by atoms with Crippen molar-refractivity contribution in [2.75, 3.05) is 5.32 Å². The predicted molar refractivity (Wildman–Crippen MR) is 94.5 cm³/mol. The molecule has 0 aliphatic rings. The van der Waals surface area contributed by atoms with E-state index in [0.717, 1.165) is 17.0 Å². The molecule has 0 aliphatic heterocycles. The van der Waals surface area contributed by atoms with Crippen molar-refractivity contribution in [3.8, 4) is 0 Å². The Kier molecular flexibility index (Phi) is 4.17. The highest BCUT2D eigenvalue weighted by Gasteiger charge is 2.11. The molecule has 4 heterocycles. The van der Waals surface area contributed by atoms with Gasteiger partial charge < -0.3 is 19.5 Å². The highest BCUT2D eigenvalue weighted by atomic mass is 32.1. The highest BCUT2D eigenvalue weighted by molar-refractivity contribution is 7.17. The zero-order valence-corrected chi connectivity index (χ0v) is 14.0. The summed E-state index contributed by atoms with van der Waals surface area (Å²) in [5, 5.41) is 6.73. The van der Waals surface area contributed by atoms with Gasteiger partial charge in [0.25, 0.3) is 5.91 Å². The van der Waals surface area contributed by atoms with Gasteiger partial charge in [-0.3, -0.25) is 4.79 Å². The Bertz CT molecular complexity index is 989. The van der Waals surface area contributed by atoms with Crippen LogP contribution in [0, 0.1) is 0 Å². The summed E-state index contributed by atoms with van der Waals surface area (Å²) < 4.78 is 7.17. The van der Waals surface area contributed by atoms with Gasteiger partial charge in [0.05, 0.1) is 19.0 Å². The number of aromatic nitrogens is 3. The van der Waals surface area contributed by atoms with Crippen LogP contribution >= 0.6 is 11.3 Å². The van der Waals surface area contributed by atoms with E-state index in [-0.39, 0.29) is 5.91 Å². The fourth-order valence-electron chi connectivity index (χ4n) is 2.38. The van der Waals surface area contributed by atoms with Crippen LogP contribution in [-0.2, 0) is 13.1 Å². The summed E-state index contributed by atoms with van der Waals surface area (Å²) in [7, 11) is 0. The van der Waals surface area contributed by atoms with Gasteiger partial charge in [0, 0.05) is 25.1 Å². The number of thiazole rings is 1. The van der Waals surface area contributed by atoms with Crippen molar-refractivity contribution < 1.29 is 9.21 Å². The Morgan fingerprint density at radius 1 is 1.24 bits per heavy atom. The van der Waals surface area contributed by atoms with Gasteiger partial charge in [0.1, 0.15) is 16.3 Å². The van der Waals surface area contributed by atoms with Crippen LogP contribution in [0.4, 0.5) is 5.13 Å². The maximum absolute atomic E-state index is 12.3. The van der Waals surface area contributed by atoms with Crippen molar-refractivity contribution >= 4 is 28.0 Å². The van der Waals surface area contributed by atoms with Crippen molar-refractivity contribution in [1.82, 2.24) is 19.7 Å². The molecular formula is C17H15N5O2S. The molecule has 25 heavy (non-hydrogen) atoms. The molecule has 0 unspecified atom stereocenters. The molecule has 4 aromatic rings. The molecule has 0 aliphatic carbocycles. The Balaban J connectivity index is 1.34. The SMILES string of the molecule is O=C(NCc1ccc2nccn2c1)c1cnc(NCc2ccco2)s1. The molecule has 0 aromatic carbocycles. The zero-order chi connectivity index (χ0) is 17.1. The fourth-order valence-corrected chi connectivity index (χ4v) is 3.11. The largest absolute Gasteiger partial charge is 0.467 e. The van der Waals surface area contributed by atoms with E-state index in [1.807, 2.05) is 41.1 Å². The Labute approximate surface area is 147 Å². The second kappa shape index (κ2) is 6.78. The molecule has 0 saturated carbocycles. The van der Waals surface area contributed by atoms with Crippen LogP contribution in [-0.4, -0.2) is 20.3 Å². The minimum absolute atomic E-state index is 0.144. The summed E-state index contributed by atoms with van der Waals surface area (Å²) in [6.07, 6.45) is 8.76. The van der Waals surface area contributed by atoms with Crippen molar-refractivity contribution in [2.45, 2.75) is 13.1 Å². The Morgan fingerprint density at radius 2 is 2.20 bits per heavy atom. The topological polar surface area (TPSA) is 84.5 Å². The van der Waals surface area contributed by atoms with Crippen LogP contribution in [0.1, 0.15) is 21.0 Å². The van der Waals surface area contributed by atoms with E-state index < -0.39 is 0 Å². The summed E-state index contributed by atoms with van der Waals surface area (Å²) in [6, 6.07) is 7.58. The smallest absolute Gasteiger partial charge is 0.263 e. The molecular weight excluding hydrogens is 338 g/mol. The zero-order valence-electron chi connectivity index (χ0n) is 13.2. The molecule has 0 fully saturated rings. The van der Waals surface area contributed by atoms with Crippen molar-refractivity contribution in [3.63, 3.8) is 0 Å². The third kappa shape index (κ3) is 3.53. The van der Waals surface area contributed by atoms with Gasteiger partial charge in [-0.1, -0.05) is 17.4 Å². The van der Waals surface area contributed by atoms with Crippen LogP contribution in [0.25, 0.3) is 5.65 Å². The molecule has 1 amide bonds. The van der Waals surface area contributed by atoms with Gasteiger partial charge in [-0.25, -0.2) is 9.97 Å². The molecule has 0 bridgehead atoms. The third-order valence-corrected chi connectivity index (χ3v) is 4.58. The lowest BCUT2D eigenvalue weighted by atomic mass is 10.3. The van der Waals surface area contributed by atoms with E-state index in [1.54, 1.807) is 18.7 Å². The summed E-state index contributed by atoms with van der Waals surface area (Å²) in [5.41, 5.74) is 1.88. The number of anilines is 1. The molecule has 8 heteroatoms. The standard InChI is InChI=1S/C17H15N5O2S/c23-16(19-8-12-3-4-15-18-5-6-22(15)11-12)14-10-21-17(25-14)20-9-13-2-1-7-24-13/h1-7,10-11H,8-9H2,(H,19,23)(H,20,21). The van der Waals surface area contributed by atoms with Crippen LogP contribution in [0.3, 0.4) is 0 Å². The van der Waals surface area contributed by atoms with Gasteiger partial charge in [0.2, 0.25) is 0 Å². The molecule has 4 aromatic heterocycles. The van der Waals surface area contributed by atoms with Crippen LogP contribution < -0.4 is 10.6 Å². The minimum atomic E-state index is -0.144. The number of amides is 1. The van der Waals surface area contributed by atoms with Crippen LogP contribution in [0.5, 0.6) is 0 Å². The number of rotatable bonds is 6. The number of carbonyl (C=O) groups is 1. The first kappa shape index (κ1) is 15.4. The Morgan fingerprint density at radius 3 is 3.08 bits per heavy atom. The third-order valence-electron chi connectivity index (χ3n) is 3.63. The van der Waals surface area contributed by atoms with Gasteiger partial charge in [0.15, 0.2) is 5.13 Å². The lowest BCUT2D eigenvalue weighted by Crippen LogP contribution is -2.21. The van der Waals surface area contributed by atoms with E-state index in [9.17, 15) is 4.79 Å². The quantitative estimate of drug-likeness (QED) is 0.557. The number of hydrogen-bond acceptors (Lipinski definition) is 6. The lowest BCUT2D eigenvalue weighted by Gasteiger charge is -2.04. The van der Waals surface area contributed by atoms with E-state index in [1.165, 1.54) is 11.3 Å². The minimum Gasteiger partial charge on any atom is -0.467 e. The monoisotopic (exact) mass is 353 g/mol. The number of hydrogen-bond donors (Lipinski definition) is 2. The van der Waals surface area contributed by atoms with Gasteiger partial charge in [-0.15, -0.1) is 0 Å². The van der Waals surface area contributed by atoms with Crippen molar-refractivity contribution in [3.05, 3.63) is 71.5 Å². The van der Waals surface area contributed by atoms with E-state index in [2.05, 4.69) is 20.6 Å². The van der Waals surface area contributed by atoms with Gasteiger partial charge >= 0.3 is 0 Å². The second-order valence-electron chi connectivity index (χ2n) is 5.38. The molecule has 4 rings (SSSR count). The second-order valence-corrected chi connectivity index (χ2v) is 6.41. The lowest BCUT2D eigenvalue weighted by molar-refractivity contribution is 0.0954. The molecule has 0 atom stereocenters. The molecule has 2 N–H and O–H groups in total.